The predicted molar refractivity (Wildman–Crippen MR) is 64.8 cm³/mol. The SMILES string of the molecule is Cc1cc2c(cc1C)N(S(C)(=O)=O)NN2C. The quantitative estimate of drug-likeness (QED) is 0.795. The van der Waals surface area contributed by atoms with Gasteiger partial charge in [-0.15, -0.1) is 5.53 Å². The number of aryl methyl sites for hydroxylation is 2. The minimum absolute atomic E-state index is 0.674. The molecule has 0 aromatic heterocycles. The van der Waals surface area contributed by atoms with Crippen molar-refractivity contribution in [1.82, 2.24) is 5.53 Å². The Labute approximate surface area is 95.7 Å². The molecule has 1 aliphatic heterocycles. The molecule has 0 radical (unpaired) electrons. The van der Waals surface area contributed by atoms with Crippen LogP contribution in [0.15, 0.2) is 12.1 Å². The van der Waals surface area contributed by atoms with Crippen molar-refractivity contribution in [1.29, 1.82) is 0 Å². The van der Waals surface area contributed by atoms with Crippen LogP contribution in [-0.2, 0) is 10.0 Å². The molecule has 1 heterocycles. The number of hydrogen-bond acceptors (Lipinski definition) is 4. The Kier molecular flexibility index (Phi) is 2.36. The number of benzene rings is 1. The van der Waals surface area contributed by atoms with Crippen molar-refractivity contribution in [3.8, 4) is 0 Å². The molecule has 1 N–H and O–H groups in total. The topological polar surface area (TPSA) is 52.7 Å². The van der Waals surface area contributed by atoms with Crippen molar-refractivity contribution < 1.29 is 8.42 Å². The maximum Gasteiger partial charge on any atom is 0.247 e. The second kappa shape index (κ2) is 3.36. The van der Waals surface area contributed by atoms with Gasteiger partial charge < -0.3 is 0 Å². The first-order chi connectivity index (χ1) is 7.30. The second-order valence-electron chi connectivity index (χ2n) is 4.11. The second-order valence-corrected chi connectivity index (χ2v) is 5.94. The average Bonchev–Trinajstić information content (AvgIpc) is 2.45. The Hall–Kier alpha value is -1.27. The van der Waals surface area contributed by atoms with E-state index in [2.05, 4.69) is 5.53 Å². The molecule has 0 aliphatic carbocycles. The van der Waals surface area contributed by atoms with Gasteiger partial charge in [0.2, 0.25) is 10.0 Å². The monoisotopic (exact) mass is 241 g/mol. The van der Waals surface area contributed by atoms with E-state index in [9.17, 15) is 8.42 Å². The van der Waals surface area contributed by atoms with Crippen molar-refractivity contribution in [2.24, 2.45) is 0 Å². The Morgan fingerprint density at radius 3 is 2.12 bits per heavy atom. The highest BCUT2D eigenvalue weighted by molar-refractivity contribution is 7.92. The van der Waals surface area contributed by atoms with Gasteiger partial charge in [0.1, 0.15) is 0 Å². The number of sulfonamides is 1. The molecule has 6 heteroatoms. The van der Waals surface area contributed by atoms with E-state index in [1.165, 1.54) is 10.7 Å². The summed E-state index contributed by atoms with van der Waals surface area (Å²) in [5.41, 5.74) is 6.55. The third-order valence-corrected chi connectivity index (χ3v) is 3.69. The largest absolute Gasteiger partial charge is 0.291 e. The van der Waals surface area contributed by atoms with E-state index >= 15 is 0 Å². The number of hydrogen-bond donors (Lipinski definition) is 1. The molecule has 0 atom stereocenters. The maximum atomic E-state index is 11.6. The van der Waals surface area contributed by atoms with Gasteiger partial charge in [0.05, 0.1) is 17.6 Å². The molecule has 88 valence electrons. The van der Waals surface area contributed by atoms with Gasteiger partial charge in [-0.05, 0) is 37.1 Å². The number of fused-ring (bicyclic) bond motifs is 1. The summed E-state index contributed by atoms with van der Waals surface area (Å²) in [5.74, 6) is 0. The van der Waals surface area contributed by atoms with Crippen LogP contribution in [0.3, 0.4) is 0 Å². The fourth-order valence-electron chi connectivity index (χ4n) is 1.71. The number of nitrogens with one attached hydrogen (secondary N) is 1. The van der Waals surface area contributed by atoms with Crippen LogP contribution < -0.4 is 15.0 Å². The first-order valence-electron chi connectivity index (χ1n) is 4.92. The summed E-state index contributed by atoms with van der Waals surface area (Å²) in [5, 5.41) is 1.70. The minimum Gasteiger partial charge on any atom is -0.291 e. The third-order valence-electron chi connectivity index (χ3n) is 2.74. The van der Waals surface area contributed by atoms with Gasteiger partial charge in [-0.1, -0.05) is 0 Å². The summed E-state index contributed by atoms with van der Waals surface area (Å²) in [6, 6.07) is 3.85. The number of rotatable bonds is 1. The molecule has 1 aromatic carbocycles. The standard InChI is InChI=1S/C10H15N3O2S/c1-7-5-9-10(6-8(7)2)13(11-12(9)3)16(4,14)15/h5-6,11H,1-4H3. The number of hydrazine groups is 2. The Morgan fingerprint density at radius 1 is 1.12 bits per heavy atom. The highest BCUT2D eigenvalue weighted by Gasteiger charge is 2.29. The summed E-state index contributed by atoms with van der Waals surface area (Å²) in [6.45, 7) is 3.97. The molecule has 0 spiro atoms. The van der Waals surface area contributed by atoms with E-state index in [1.807, 2.05) is 26.0 Å². The van der Waals surface area contributed by atoms with E-state index in [0.29, 0.717) is 5.69 Å². The fraction of sp³-hybridized carbons (Fsp3) is 0.400. The van der Waals surface area contributed by atoms with Crippen LogP contribution in [0.5, 0.6) is 0 Å². The molecule has 0 amide bonds. The lowest BCUT2D eigenvalue weighted by atomic mass is 10.1. The van der Waals surface area contributed by atoms with Gasteiger partial charge in [0, 0.05) is 7.05 Å². The smallest absolute Gasteiger partial charge is 0.247 e. The lowest BCUT2D eigenvalue weighted by Crippen LogP contribution is -2.45. The van der Waals surface area contributed by atoms with E-state index in [-0.39, 0.29) is 0 Å². The van der Waals surface area contributed by atoms with Crippen molar-refractivity contribution in [2.75, 3.05) is 22.7 Å². The molecular weight excluding hydrogens is 226 g/mol. The van der Waals surface area contributed by atoms with E-state index in [4.69, 9.17) is 0 Å². The average molecular weight is 241 g/mol. The lowest BCUT2D eigenvalue weighted by molar-refractivity contribution is 0.587. The predicted octanol–water partition coefficient (Wildman–Crippen LogP) is 0.939. The summed E-state index contributed by atoms with van der Waals surface area (Å²) >= 11 is 0. The molecule has 5 nitrogen and oxygen atoms in total. The van der Waals surface area contributed by atoms with Gasteiger partial charge in [-0.25, -0.2) is 8.42 Å². The number of nitrogens with zero attached hydrogens (tertiary/aromatic N) is 2. The first kappa shape index (κ1) is 11.2. The lowest BCUT2D eigenvalue weighted by Gasteiger charge is -2.17. The highest BCUT2D eigenvalue weighted by Crippen LogP contribution is 2.35. The van der Waals surface area contributed by atoms with Gasteiger partial charge in [-0.3, -0.25) is 5.01 Å². The van der Waals surface area contributed by atoms with Crippen LogP contribution in [0.25, 0.3) is 0 Å². The van der Waals surface area contributed by atoms with Crippen molar-refractivity contribution in [3.63, 3.8) is 0 Å². The molecule has 16 heavy (non-hydrogen) atoms. The van der Waals surface area contributed by atoms with Crippen LogP contribution in [-0.4, -0.2) is 21.7 Å². The Balaban J connectivity index is 2.62. The maximum absolute atomic E-state index is 11.6. The van der Waals surface area contributed by atoms with Crippen molar-refractivity contribution in [3.05, 3.63) is 23.3 Å². The molecule has 0 fully saturated rings. The minimum atomic E-state index is -3.30. The molecule has 2 rings (SSSR count). The summed E-state index contributed by atoms with van der Waals surface area (Å²) < 4.78 is 24.3. The van der Waals surface area contributed by atoms with Gasteiger partial charge in [0.25, 0.3) is 0 Å². The van der Waals surface area contributed by atoms with Crippen LogP contribution in [0.4, 0.5) is 11.4 Å². The third kappa shape index (κ3) is 1.64. The zero-order valence-electron chi connectivity index (χ0n) is 9.77. The van der Waals surface area contributed by atoms with Gasteiger partial charge in [0.15, 0.2) is 0 Å². The normalized spacial score (nSPS) is 15.5. The molecule has 0 unspecified atom stereocenters. The summed E-state index contributed by atoms with van der Waals surface area (Å²) in [7, 11) is -1.51. The van der Waals surface area contributed by atoms with Gasteiger partial charge in [-0.2, -0.15) is 4.41 Å². The molecule has 0 saturated carbocycles. The van der Waals surface area contributed by atoms with Crippen molar-refractivity contribution >= 4 is 21.4 Å². The summed E-state index contributed by atoms with van der Waals surface area (Å²) in [4.78, 5) is 0. The fourth-order valence-corrected chi connectivity index (χ4v) is 2.49. The molecule has 0 saturated heterocycles. The molecule has 1 aliphatic rings. The van der Waals surface area contributed by atoms with Crippen molar-refractivity contribution in [2.45, 2.75) is 13.8 Å². The van der Waals surface area contributed by atoms with Crippen LogP contribution in [0.2, 0.25) is 0 Å². The molecular formula is C10H15N3O2S. The Bertz CT molecular complexity index is 539. The van der Waals surface area contributed by atoms with E-state index in [1.54, 1.807) is 12.1 Å². The zero-order chi connectivity index (χ0) is 12.1. The van der Waals surface area contributed by atoms with Crippen LogP contribution in [0, 0.1) is 13.8 Å². The summed E-state index contributed by atoms with van der Waals surface area (Å²) in [6.07, 6.45) is 1.18. The van der Waals surface area contributed by atoms with E-state index in [0.717, 1.165) is 16.8 Å². The van der Waals surface area contributed by atoms with Crippen LogP contribution >= 0.6 is 0 Å². The van der Waals surface area contributed by atoms with Gasteiger partial charge >= 0.3 is 0 Å². The zero-order valence-corrected chi connectivity index (χ0v) is 10.6. The molecule has 0 bridgehead atoms. The highest BCUT2D eigenvalue weighted by atomic mass is 32.2. The number of anilines is 2. The van der Waals surface area contributed by atoms with E-state index < -0.39 is 10.0 Å². The van der Waals surface area contributed by atoms with Crippen LogP contribution in [0.1, 0.15) is 11.1 Å². The Morgan fingerprint density at radius 2 is 1.62 bits per heavy atom. The first-order valence-corrected chi connectivity index (χ1v) is 6.77. The molecule has 1 aromatic rings.